The van der Waals surface area contributed by atoms with E-state index >= 15 is 0 Å². The van der Waals surface area contributed by atoms with E-state index in [1.807, 2.05) is 5.38 Å². The Balaban J connectivity index is 2.85. The topological polar surface area (TPSA) is 12.9 Å². The molecule has 1 aromatic heterocycles. The average Bonchev–Trinajstić information content (AvgIpc) is 2.34. The maximum absolute atomic E-state index is 4.19. The van der Waals surface area contributed by atoms with Crippen LogP contribution in [0, 0.1) is 0 Å². The van der Waals surface area contributed by atoms with Crippen molar-refractivity contribution in [3.8, 4) is 0 Å². The molecule has 0 amide bonds. The largest absolute Gasteiger partial charge is 0.229 e. The number of nitrogens with zero attached hydrogens (tertiary/aromatic N) is 1. The molecule has 0 aliphatic rings. The molecule has 10 heavy (non-hydrogen) atoms. The fourth-order valence-electron chi connectivity index (χ4n) is 0.483. The molecule has 0 saturated heterocycles. The Morgan fingerprint density at radius 1 is 1.80 bits per heavy atom. The van der Waals surface area contributed by atoms with Crippen molar-refractivity contribution in [2.45, 2.75) is 0 Å². The summed E-state index contributed by atoms with van der Waals surface area (Å²) in [6.07, 6.45) is 0. The Morgan fingerprint density at radius 3 is 2.90 bits per heavy atom. The van der Waals surface area contributed by atoms with Gasteiger partial charge in [0.1, 0.15) is 0 Å². The highest BCUT2D eigenvalue weighted by Gasteiger charge is 2.00. The van der Waals surface area contributed by atoms with Crippen molar-refractivity contribution in [2.24, 2.45) is 0 Å². The Bertz CT molecular complexity index is 244. The second kappa shape index (κ2) is 3.64. The predicted octanol–water partition coefficient (Wildman–Crippen LogP) is 3.31. The van der Waals surface area contributed by atoms with Gasteiger partial charge in [-0.05, 0) is 21.5 Å². The first kappa shape index (κ1) is 8.43. The van der Waals surface area contributed by atoms with Gasteiger partial charge in [-0.3, -0.25) is 0 Å². The SMILES string of the molecule is C=C(CBr)c1csc(Br)n1. The van der Waals surface area contributed by atoms with E-state index < -0.39 is 0 Å². The van der Waals surface area contributed by atoms with E-state index in [4.69, 9.17) is 0 Å². The van der Waals surface area contributed by atoms with Crippen LogP contribution in [-0.4, -0.2) is 10.3 Å². The molecule has 0 atom stereocenters. The maximum atomic E-state index is 4.19. The van der Waals surface area contributed by atoms with Gasteiger partial charge in [0.2, 0.25) is 0 Å². The third-order valence-electron chi connectivity index (χ3n) is 1.000. The van der Waals surface area contributed by atoms with Crippen LogP contribution in [0.1, 0.15) is 5.69 Å². The average molecular weight is 283 g/mol. The Morgan fingerprint density at radius 2 is 2.50 bits per heavy atom. The first-order valence-electron chi connectivity index (χ1n) is 2.59. The Labute approximate surface area is 80.4 Å². The summed E-state index contributed by atoms with van der Waals surface area (Å²) in [5.74, 6) is 0. The number of aromatic nitrogens is 1. The van der Waals surface area contributed by atoms with Gasteiger partial charge in [-0.1, -0.05) is 22.5 Å². The van der Waals surface area contributed by atoms with E-state index in [1.165, 1.54) is 0 Å². The number of allylic oxidation sites excluding steroid dienone is 1. The molecule has 0 spiro atoms. The molecule has 0 aromatic carbocycles. The minimum absolute atomic E-state index is 0.781. The zero-order valence-corrected chi connectivity index (χ0v) is 9.09. The van der Waals surface area contributed by atoms with E-state index in [0.717, 1.165) is 20.5 Å². The summed E-state index contributed by atoms with van der Waals surface area (Å²) < 4.78 is 0.907. The van der Waals surface area contributed by atoms with Crippen molar-refractivity contribution in [1.29, 1.82) is 0 Å². The molecule has 0 bridgehead atoms. The molecule has 54 valence electrons. The minimum atomic E-state index is 0.781. The fourth-order valence-corrected chi connectivity index (χ4v) is 1.82. The van der Waals surface area contributed by atoms with Crippen LogP contribution in [0.5, 0.6) is 0 Å². The van der Waals surface area contributed by atoms with Gasteiger partial charge in [-0.2, -0.15) is 0 Å². The molecule has 1 nitrogen and oxygen atoms in total. The van der Waals surface area contributed by atoms with Crippen molar-refractivity contribution in [3.05, 3.63) is 21.6 Å². The number of rotatable bonds is 2. The first-order chi connectivity index (χ1) is 4.74. The summed E-state index contributed by atoms with van der Waals surface area (Å²) >= 11 is 8.16. The van der Waals surface area contributed by atoms with E-state index in [2.05, 4.69) is 43.4 Å². The molecule has 0 unspecified atom stereocenters. The smallest absolute Gasteiger partial charge is 0.159 e. The molecule has 1 heterocycles. The lowest BCUT2D eigenvalue weighted by Crippen LogP contribution is -1.81. The Hall–Kier alpha value is 0.330. The standard InChI is InChI=1S/C6H5Br2NS/c1-4(2-7)5-3-10-6(8)9-5/h3H,1-2H2. The second-order valence-corrected chi connectivity index (χ2v) is 4.42. The maximum Gasteiger partial charge on any atom is 0.159 e. The molecule has 4 heteroatoms. The lowest BCUT2D eigenvalue weighted by Gasteiger charge is -1.91. The van der Waals surface area contributed by atoms with Gasteiger partial charge in [0.15, 0.2) is 3.92 Å². The van der Waals surface area contributed by atoms with Gasteiger partial charge in [-0.15, -0.1) is 11.3 Å². The summed E-state index contributed by atoms with van der Waals surface area (Å²) in [7, 11) is 0. The van der Waals surface area contributed by atoms with Crippen molar-refractivity contribution in [3.63, 3.8) is 0 Å². The van der Waals surface area contributed by atoms with Gasteiger partial charge >= 0.3 is 0 Å². The third kappa shape index (κ3) is 1.90. The molecule has 1 aromatic rings. The van der Waals surface area contributed by atoms with Gasteiger partial charge < -0.3 is 0 Å². The fraction of sp³-hybridized carbons (Fsp3) is 0.167. The van der Waals surface area contributed by atoms with Crippen LogP contribution >= 0.6 is 43.2 Å². The van der Waals surface area contributed by atoms with Gasteiger partial charge in [0, 0.05) is 10.7 Å². The molecular formula is C6H5Br2NS. The molecule has 0 N–H and O–H groups in total. The van der Waals surface area contributed by atoms with Crippen LogP contribution in [-0.2, 0) is 0 Å². The Kier molecular flexibility index (Phi) is 3.07. The monoisotopic (exact) mass is 281 g/mol. The molecule has 1 rings (SSSR count). The van der Waals surface area contributed by atoms with Crippen molar-refractivity contribution >= 4 is 48.8 Å². The highest BCUT2D eigenvalue weighted by molar-refractivity contribution is 9.11. The van der Waals surface area contributed by atoms with Crippen molar-refractivity contribution in [1.82, 2.24) is 4.98 Å². The van der Waals surface area contributed by atoms with Crippen LogP contribution in [0.2, 0.25) is 0 Å². The molecule has 0 radical (unpaired) electrons. The van der Waals surface area contributed by atoms with Gasteiger partial charge in [0.05, 0.1) is 5.69 Å². The number of hydrogen-bond acceptors (Lipinski definition) is 2. The lowest BCUT2D eigenvalue weighted by molar-refractivity contribution is 1.32. The molecular weight excluding hydrogens is 278 g/mol. The van der Waals surface area contributed by atoms with Crippen molar-refractivity contribution in [2.75, 3.05) is 5.33 Å². The number of alkyl halides is 1. The summed E-state index contributed by atoms with van der Waals surface area (Å²) in [6.45, 7) is 3.83. The number of hydrogen-bond donors (Lipinski definition) is 0. The zero-order chi connectivity index (χ0) is 7.56. The minimum Gasteiger partial charge on any atom is -0.229 e. The quantitative estimate of drug-likeness (QED) is 0.759. The zero-order valence-electron chi connectivity index (χ0n) is 5.10. The highest BCUT2D eigenvalue weighted by atomic mass is 79.9. The van der Waals surface area contributed by atoms with Crippen molar-refractivity contribution < 1.29 is 0 Å². The summed E-state index contributed by atoms with van der Waals surface area (Å²) in [5, 5.41) is 2.76. The van der Waals surface area contributed by atoms with Gasteiger partial charge in [-0.25, -0.2) is 4.98 Å². The second-order valence-electron chi connectivity index (χ2n) is 1.72. The van der Waals surface area contributed by atoms with E-state index in [0.29, 0.717) is 0 Å². The van der Waals surface area contributed by atoms with Gasteiger partial charge in [0.25, 0.3) is 0 Å². The summed E-state index contributed by atoms with van der Waals surface area (Å²) in [6, 6.07) is 0. The van der Waals surface area contributed by atoms with Crippen LogP contribution in [0.25, 0.3) is 5.57 Å². The normalized spacial score (nSPS) is 9.80. The highest BCUT2D eigenvalue weighted by Crippen LogP contribution is 2.21. The molecule has 0 fully saturated rings. The molecule has 0 aliphatic carbocycles. The molecule has 0 aliphatic heterocycles. The van der Waals surface area contributed by atoms with Crippen LogP contribution in [0.3, 0.4) is 0 Å². The summed E-state index contributed by atoms with van der Waals surface area (Å²) in [4.78, 5) is 4.19. The predicted molar refractivity (Wildman–Crippen MR) is 52.6 cm³/mol. The summed E-state index contributed by atoms with van der Waals surface area (Å²) in [5.41, 5.74) is 1.98. The van der Waals surface area contributed by atoms with E-state index in [-0.39, 0.29) is 0 Å². The number of thiazole rings is 1. The van der Waals surface area contributed by atoms with Crippen LogP contribution in [0.15, 0.2) is 15.9 Å². The first-order valence-corrected chi connectivity index (χ1v) is 5.38. The van der Waals surface area contributed by atoms with E-state index in [1.54, 1.807) is 11.3 Å². The lowest BCUT2D eigenvalue weighted by atomic mass is 10.3. The van der Waals surface area contributed by atoms with E-state index in [9.17, 15) is 0 Å². The third-order valence-corrected chi connectivity index (χ3v) is 3.04. The number of halogens is 2. The molecule has 0 saturated carbocycles. The van der Waals surface area contributed by atoms with Crippen LogP contribution < -0.4 is 0 Å². The van der Waals surface area contributed by atoms with Crippen LogP contribution in [0.4, 0.5) is 0 Å².